The van der Waals surface area contributed by atoms with Crippen LogP contribution in [-0.2, 0) is 13.5 Å². The number of aryl methyl sites for hydroxylation is 1. The third kappa shape index (κ3) is 5.55. The van der Waals surface area contributed by atoms with Crippen LogP contribution in [0.3, 0.4) is 0 Å². The fourth-order valence-electron chi connectivity index (χ4n) is 3.65. The van der Waals surface area contributed by atoms with E-state index in [2.05, 4.69) is 42.0 Å². The standard InChI is InChI=1S/C21H27ClN8O/c1-23-21(26-17-4-3-11-30(13-17)18-12-25-29(2)14-18)24-10-9-19-27-20(28-31-19)15-5-7-16(22)8-6-15/h5-8,12,14,17H,3-4,9-11,13H2,1-2H3,(H2,23,24,26). The van der Waals surface area contributed by atoms with Crippen LogP contribution in [0.25, 0.3) is 11.4 Å². The molecule has 0 bridgehead atoms. The van der Waals surface area contributed by atoms with Crippen LogP contribution in [0.1, 0.15) is 18.7 Å². The van der Waals surface area contributed by atoms with Gasteiger partial charge in [-0.15, -0.1) is 0 Å². The zero-order chi connectivity index (χ0) is 21.6. The number of aliphatic imine (C=N–C) groups is 1. The molecular weight excluding hydrogens is 416 g/mol. The highest BCUT2D eigenvalue weighted by Gasteiger charge is 2.21. The average Bonchev–Trinajstić information content (AvgIpc) is 3.43. The van der Waals surface area contributed by atoms with Crippen molar-refractivity contribution in [2.24, 2.45) is 12.0 Å². The number of rotatable bonds is 6. The summed E-state index contributed by atoms with van der Waals surface area (Å²) in [5.41, 5.74) is 2.03. The lowest BCUT2D eigenvalue weighted by molar-refractivity contribution is 0.378. The number of aromatic nitrogens is 4. The molecule has 1 atom stereocenters. The first kappa shape index (κ1) is 21.2. The molecule has 10 heteroatoms. The Morgan fingerprint density at radius 1 is 1.32 bits per heavy atom. The average molecular weight is 443 g/mol. The Labute approximate surface area is 186 Å². The van der Waals surface area contributed by atoms with E-state index in [9.17, 15) is 0 Å². The fraction of sp³-hybridized carbons (Fsp3) is 0.429. The van der Waals surface area contributed by atoms with Gasteiger partial charge in [0, 0.05) is 63.0 Å². The van der Waals surface area contributed by atoms with Gasteiger partial charge >= 0.3 is 0 Å². The van der Waals surface area contributed by atoms with E-state index in [1.54, 1.807) is 7.05 Å². The van der Waals surface area contributed by atoms with Crippen molar-refractivity contribution >= 4 is 23.2 Å². The predicted octanol–water partition coefficient (Wildman–Crippen LogP) is 2.50. The summed E-state index contributed by atoms with van der Waals surface area (Å²) in [5.74, 6) is 1.91. The second-order valence-electron chi connectivity index (χ2n) is 7.57. The van der Waals surface area contributed by atoms with Gasteiger partial charge in [-0.25, -0.2) is 0 Å². The second kappa shape index (κ2) is 9.82. The first-order chi connectivity index (χ1) is 15.1. The molecule has 4 rings (SSSR count). The predicted molar refractivity (Wildman–Crippen MR) is 121 cm³/mol. The van der Waals surface area contributed by atoms with E-state index in [4.69, 9.17) is 16.1 Å². The van der Waals surface area contributed by atoms with E-state index in [0.29, 0.717) is 35.7 Å². The van der Waals surface area contributed by atoms with Crippen molar-refractivity contribution in [3.05, 3.63) is 47.6 Å². The highest BCUT2D eigenvalue weighted by Crippen LogP contribution is 2.20. The Morgan fingerprint density at radius 3 is 2.90 bits per heavy atom. The number of guanidine groups is 1. The van der Waals surface area contributed by atoms with E-state index >= 15 is 0 Å². The summed E-state index contributed by atoms with van der Waals surface area (Å²) in [6.07, 6.45) is 6.80. The molecule has 1 aromatic carbocycles. The molecule has 3 heterocycles. The summed E-state index contributed by atoms with van der Waals surface area (Å²) < 4.78 is 7.21. The van der Waals surface area contributed by atoms with Crippen molar-refractivity contribution in [2.75, 3.05) is 31.6 Å². The Kier molecular flexibility index (Phi) is 6.71. The summed E-state index contributed by atoms with van der Waals surface area (Å²) in [5, 5.41) is 15.9. The van der Waals surface area contributed by atoms with Crippen molar-refractivity contribution in [3.63, 3.8) is 0 Å². The molecule has 0 amide bonds. The lowest BCUT2D eigenvalue weighted by Crippen LogP contribution is -2.51. The number of nitrogens with one attached hydrogen (secondary N) is 2. The van der Waals surface area contributed by atoms with Gasteiger partial charge in [0.2, 0.25) is 11.7 Å². The topological polar surface area (TPSA) is 96.4 Å². The summed E-state index contributed by atoms with van der Waals surface area (Å²) >= 11 is 5.93. The third-order valence-electron chi connectivity index (χ3n) is 5.24. The number of benzene rings is 1. The minimum Gasteiger partial charge on any atom is -0.367 e. The van der Waals surface area contributed by atoms with Crippen molar-refractivity contribution in [1.29, 1.82) is 0 Å². The Morgan fingerprint density at radius 2 is 2.16 bits per heavy atom. The third-order valence-corrected chi connectivity index (χ3v) is 5.50. The minimum atomic E-state index is 0.320. The SMILES string of the molecule is CN=C(NCCc1nc(-c2ccc(Cl)cc2)no1)NC1CCCN(c2cnn(C)c2)C1. The first-order valence-corrected chi connectivity index (χ1v) is 10.8. The van der Waals surface area contributed by atoms with Gasteiger partial charge in [0.25, 0.3) is 0 Å². The van der Waals surface area contributed by atoms with E-state index in [0.717, 1.165) is 43.1 Å². The van der Waals surface area contributed by atoms with Gasteiger partial charge in [-0.2, -0.15) is 10.1 Å². The first-order valence-electron chi connectivity index (χ1n) is 10.4. The summed E-state index contributed by atoms with van der Waals surface area (Å²) in [4.78, 5) is 11.2. The lowest BCUT2D eigenvalue weighted by atomic mass is 10.1. The Hall–Kier alpha value is -3.07. The van der Waals surface area contributed by atoms with Gasteiger partial charge in [0.15, 0.2) is 5.96 Å². The maximum Gasteiger partial charge on any atom is 0.228 e. The molecule has 1 fully saturated rings. The van der Waals surface area contributed by atoms with Gasteiger partial charge < -0.3 is 20.1 Å². The molecule has 31 heavy (non-hydrogen) atoms. The molecule has 0 aliphatic carbocycles. The van der Waals surface area contributed by atoms with Crippen LogP contribution in [0.4, 0.5) is 5.69 Å². The maximum absolute atomic E-state index is 5.93. The molecule has 0 radical (unpaired) electrons. The molecule has 1 aliphatic heterocycles. The van der Waals surface area contributed by atoms with Crippen molar-refractivity contribution in [2.45, 2.75) is 25.3 Å². The van der Waals surface area contributed by atoms with E-state index < -0.39 is 0 Å². The maximum atomic E-state index is 5.93. The molecule has 1 saturated heterocycles. The van der Waals surface area contributed by atoms with Gasteiger partial charge in [-0.05, 0) is 37.1 Å². The van der Waals surface area contributed by atoms with E-state index in [-0.39, 0.29) is 0 Å². The molecule has 1 unspecified atom stereocenters. The Bertz CT molecular complexity index is 1010. The molecular formula is C21H27ClN8O. The summed E-state index contributed by atoms with van der Waals surface area (Å²) in [6, 6.07) is 7.69. The summed E-state index contributed by atoms with van der Waals surface area (Å²) in [7, 11) is 3.72. The van der Waals surface area contributed by atoms with Crippen LogP contribution >= 0.6 is 11.6 Å². The van der Waals surface area contributed by atoms with Crippen molar-refractivity contribution < 1.29 is 4.52 Å². The number of hydrogen-bond donors (Lipinski definition) is 2. The summed E-state index contributed by atoms with van der Waals surface area (Å²) in [6.45, 7) is 2.60. The second-order valence-corrected chi connectivity index (χ2v) is 8.01. The molecule has 2 N–H and O–H groups in total. The smallest absolute Gasteiger partial charge is 0.228 e. The minimum absolute atomic E-state index is 0.320. The largest absolute Gasteiger partial charge is 0.367 e. The molecule has 1 aliphatic rings. The van der Waals surface area contributed by atoms with Gasteiger partial charge in [0.05, 0.1) is 11.9 Å². The molecule has 0 spiro atoms. The Balaban J connectivity index is 1.26. The van der Waals surface area contributed by atoms with Crippen LogP contribution in [-0.4, -0.2) is 58.6 Å². The highest BCUT2D eigenvalue weighted by atomic mass is 35.5. The van der Waals surface area contributed by atoms with Gasteiger partial charge in [0.1, 0.15) is 0 Å². The lowest BCUT2D eigenvalue weighted by Gasteiger charge is -2.34. The van der Waals surface area contributed by atoms with Crippen LogP contribution in [0.5, 0.6) is 0 Å². The van der Waals surface area contributed by atoms with Crippen molar-refractivity contribution in [1.82, 2.24) is 30.6 Å². The highest BCUT2D eigenvalue weighted by molar-refractivity contribution is 6.30. The van der Waals surface area contributed by atoms with Gasteiger partial charge in [-0.3, -0.25) is 9.67 Å². The zero-order valence-electron chi connectivity index (χ0n) is 17.8. The van der Waals surface area contributed by atoms with Gasteiger partial charge in [-0.1, -0.05) is 16.8 Å². The molecule has 9 nitrogen and oxygen atoms in total. The molecule has 2 aromatic heterocycles. The molecule has 164 valence electrons. The number of nitrogens with zero attached hydrogens (tertiary/aromatic N) is 6. The number of piperidine rings is 1. The zero-order valence-corrected chi connectivity index (χ0v) is 18.5. The van der Waals surface area contributed by atoms with Crippen molar-refractivity contribution in [3.8, 4) is 11.4 Å². The number of halogens is 1. The molecule has 3 aromatic rings. The molecule has 0 saturated carbocycles. The number of hydrogen-bond acceptors (Lipinski definition) is 6. The van der Waals surface area contributed by atoms with Crippen LogP contribution in [0.2, 0.25) is 5.02 Å². The quantitative estimate of drug-likeness (QED) is 0.447. The number of anilines is 1. The monoisotopic (exact) mass is 442 g/mol. The van der Waals surface area contributed by atoms with E-state index in [1.807, 2.05) is 42.2 Å². The van der Waals surface area contributed by atoms with Crippen LogP contribution < -0.4 is 15.5 Å². The van der Waals surface area contributed by atoms with Crippen LogP contribution in [0, 0.1) is 0 Å². The normalized spacial score (nSPS) is 17.1. The van der Waals surface area contributed by atoms with E-state index in [1.165, 1.54) is 0 Å². The van der Waals surface area contributed by atoms with Crippen LogP contribution in [0.15, 0.2) is 46.2 Å². The fourth-order valence-corrected chi connectivity index (χ4v) is 3.78.